The molecule has 0 aromatic heterocycles. The van der Waals surface area contributed by atoms with Gasteiger partial charge < -0.3 is 14.6 Å². The summed E-state index contributed by atoms with van der Waals surface area (Å²) >= 11 is 0. The van der Waals surface area contributed by atoms with E-state index in [-0.39, 0.29) is 25.2 Å². The molecule has 0 aromatic carbocycles. The topological polar surface area (TPSA) is 72.8 Å². The van der Waals surface area contributed by atoms with Crippen LogP contribution >= 0.6 is 0 Å². The molecule has 0 aliphatic carbocycles. The maximum Gasteiger partial charge on any atom is 0.306 e. The number of carbonyl (C=O) groups excluding carboxylic acids is 2. The molecule has 0 rings (SSSR count). The molecular weight excluding hydrogens is 1100 g/mol. The minimum absolute atomic E-state index is 0.0657. The molecule has 5 nitrogen and oxygen atoms in total. The number of carbonyl (C=O) groups is 2. The molecule has 0 spiro atoms. The van der Waals surface area contributed by atoms with Gasteiger partial charge in [-0.25, -0.2) is 0 Å². The lowest BCUT2D eigenvalue weighted by Crippen LogP contribution is -2.28. The van der Waals surface area contributed by atoms with E-state index in [1.807, 2.05) is 0 Å². The summed E-state index contributed by atoms with van der Waals surface area (Å²) in [6.45, 7) is 4.06. The lowest BCUT2D eigenvalue weighted by molar-refractivity contribution is -0.161. The fraction of sp³-hybridized carbons (Fsp3) is 0.765. The third kappa shape index (κ3) is 77.0. The molecule has 0 heterocycles. The molecule has 0 radical (unpaired) electrons. The Labute approximate surface area is 561 Å². The van der Waals surface area contributed by atoms with Crippen LogP contribution in [0, 0.1) is 0 Å². The van der Waals surface area contributed by atoms with Gasteiger partial charge >= 0.3 is 11.9 Å². The molecule has 0 aliphatic heterocycles. The van der Waals surface area contributed by atoms with Gasteiger partial charge in [0.15, 0.2) is 6.10 Å². The SMILES string of the molecule is CC/C=C\C/C=C\C/C=C\C/C=C\C/C=C\C/C=C\C/C=C\CCCCCCCCCCCCCCCC(=O)OC(CO)COC(=O)CCCCCCCCCCCCCCCCCCCCCCCCCCCCCCC/C=C\C/C=C\CCCCCCC. The van der Waals surface area contributed by atoms with Gasteiger partial charge in [0, 0.05) is 12.8 Å². The highest BCUT2D eigenvalue weighted by Crippen LogP contribution is 2.19. The van der Waals surface area contributed by atoms with Gasteiger partial charge in [-0.2, -0.15) is 0 Å². The Morgan fingerprint density at radius 3 is 0.722 bits per heavy atom. The summed E-state index contributed by atoms with van der Waals surface area (Å²) in [4.78, 5) is 24.7. The zero-order chi connectivity index (χ0) is 64.7. The molecule has 1 N–H and O–H groups in total. The van der Waals surface area contributed by atoms with Crippen molar-refractivity contribution in [3.63, 3.8) is 0 Å². The highest BCUT2D eigenvalue weighted by atomic mass is 16.6. The average Bonchev–Trinajstić information content (AvgIpc) is 3.58. The molecule has 0 saturated heterocycles. The first-order valence-electron chi connectivity index (χ1n) is 39.4. The lowest BCUT2D eigenvalue weighted by Gasteiger charge is -2.15. The monoisotopic (exact) mass is 1250 g/mol. The molecule has 520 valence electrons. The maximum atomic E-state index is 12.4. The van der Waals surface area contributed by atoms with Gasteiger partial charge in [0.05, 0.1) is 6.61 Å². The van der Waals surface area contributed by atoms with E-state index in [9.17, 15) is 14.7 Å². The van der Waals surface area contributed by atoms with Crippen molar-refractivity contribution in [3.8, 4) is 0 Å². The largest absolute Gasteiger partial charge is 0.462 e. The fourth-order valence-electron chi connectivity index (χ4n) is 11.7. The second kappa shape index (κ2) is 79.8. The predicted octanol–water partition coefficient (Wildman–Crippen LogP) is 27.9. The normalized spacial score (nSPS) is 12.8. The van der Waals surface area contributed by atoms with Crippen LogP contribution in [0.1, 0.15) is 399 Å². The van der Waals surface area contributed by atoms with Gasteiger partial charge in [-0.05, 0) is 103 Å². The second-order valence-corrected chi connectivity index (χ2v) is 26.4. The summed E-state index contributed by atoms with van der Waals surface area (Å²) in [6, 6.07) is 0. The minimum atomic E-state index is -0.778. The summed E-state index contributed by atoms with van der Waals surface area (Å²) in [5, 5.41) is 9.73. The molecule has 90 heavy (non-hydrogen) atoms. The molecule has 0 bridgehead atoms. The van der Waals surface area contributed by atoms with Crippen LogP contribution in [0.4, 0.5) is 0 Å². The number of hydrogen-bond donors (Lipinski definition) is 1. The number of unbranched alkanes of at least 4 members (excludes halogenated alkanes) is 47. The third-order valence-corrected chi connectivity index (χ3v) is 17.6. The van der Waals surface area contributed by atoms with Crippen LogP contribution in [-0.2, 0) is 19.1 Å². The summed E-state index contributed by atoms with van der Waals surface area (Å²) < 4.78 is 10.8. The standard InChI is InChI=1S/C85H150O5/c1-3-5-7-9-11-13-15-17-19-21-23-25-27-29-31-33-35-37-39-40-41-42-43-44-46-47-49-51-53-55-57-59-61-63-65-67-69-71-73-75-77-79-84(87)89-82-83(81-86)90-85(88)80-78-76-74-72-70-68-66-64-62-60-58-56-54-52-50-48-45-38-36-34-32-30-28-26-24-22-20-18-16-14-12-10-8-6-4-2/h6,8,12,14-15,17-18,20-21,23-24,26,30,32,36,38,48,50,83,86H,3-5,7,9-11,13,16,19,22,25,27-29,31,33-35,37,39-47,49,51-82H2,1-2H3/b8-6-,14-12-,17-15-,20-18-,23-21-,26-24-,32-30-,38-36-,50-48-. The number of aliphatic hydroxyl groups excluding tert-OH is 1. The van der Waals surface area contributed by atoms with E-state index in [0.717, 1.165) is 89.9 Å². The molecule has 0 saturated carbocycles. The van der Waals surface area contributed by atoms with E-state index in [2.05, 4.69) is 123 Å². The molecule has 0 aromatic rings. The Bertz CT molecular complexity index is 1710. The number of rotatable bonds is 73. The second-order valence-electron chi connectivity index (χ2n) is 26.4. The smallest absolute Gasteiger partial charge is 0.306 e. The fourth-order valence-corrected chi connectivity index (χ4v) is 11.7. The molecule has 5 heteroatoms. The van der Waals surface area contributed by atoms with Crippen LogP contribution in [0.5, 0.6) is 0 Å². The van der Waals surface area contributed by atoms with Crippen molar-refractivity contribution in [2.75, 3.05) is 13.2 Å². The van der Waals surface area contributed by atoms with Crippen molar-refractivity contribution in [1.82, 2.24) is 0 Å². The molecule has 1 unspecified atom stereocenters. The van der Waals surface area contributed by atoms with Gasteiger partial charge in [0.25, 0.3) is 0 Å². The molecule has 0 fully saturated rings. The minimum Gasteiger partial charge on any atom is -0.462 e. The lowest BCUT2D eigenvalue weighted by atomic mass is 10.0. The molecule has 0 amide bonds. The maximum absolute atomic E-state index is 12.4. The third-order valence-electron chi connectivity index (χ3n) is 17.6. The van der Waals surface area contributed by atoms with Crippen LogP contribution < -0.4 is 0 Å². The van der Waals surface area contributed by atoms with Crippen molar-refractivity contribution < 1.29 is 24.2 Å². The van der Waals surface area contributed by atoms with Crippen LogP contribution in [0.3, 0.4) is 0 Å². The number of ether oxygens (including phenoxy) is 2. The highest BCUT2D eigenvalue weighted by molar-refractivity contribution is 5.70. The highest BCUT2D eigenvalue weighted by Gasteiger charge is 2.16. The van der Waals surface area contributed by atoms with Crippen molar-refractivity contribution in [3.05, 3.63) is 109 Å². The van der Waals surface area contributed by atoms with E-state index in [4.69, 9.17) is 9.47 Å². The number of allylic oxidation sites excluding steroid dienone is 18. The Hall–Kier alpha value is -3.44. The Balaban J connectivity index is 3.42. The van der Waals surface area contributed by atoms with Gasteiger partial charge in [-0.1, -0.05) is 393 Å². The van der Waals surface area contributed by atoms with E-state index < -0.39 is 6.10 Å². The quantitative estimate of drug-likeness (QED) is 0.0373. The van der Waals surface area contributed by atoms with Crippen molar-refractivity contribution in [2.24, 2.45) is 0 Å². The van der Waals surface area contributed by atoms with Gasteiger partial charge in [0.2, 0.25) is 0 Å². The zero-order valence-corrected chi connectivity index (χ0v) is 59.9. The first-order valence-corrected chi connectivity index (χ1v) is 39.4. The first-order chi connectivity index (χ1) is 44.6. The Morgan fingerprint density at radius 1 is 0.267 bits per heavy atom. The van der Waals surface area contributed by atoms with Crippen LogP contribution in [0.25, 0.3) is 0 Å². The van der Waals surface area contributed by atoms with E-state index in [1.54, 1.807) is 0 Å². The van der Waals surface area contributed by atoms with Gasteiger partial charge in [0.1, 0.15) is 6.61 Å². The van der Waals surface area contributed by atoms with Crippen molar-refractivity contribution in [1.29, 1.82) is 0 Å². The van der Waals surface area contributed by atoms with Crippen molar-refractivity contribution in [2.45, 2.75) is 405 Å². The van der Waals surface area contributed by atoms with Crippen LogP contribution in [0.15, 0.2) is 109 Å². The number of esters is 2. The zero-order valence-electron chi connectivity index (χ0n) is 59.9. The molecule has 0 aliphatic rings. The van der Waals surface area contributed by atoms with Crippen LogP contribution in [-0.4, -0.2) is 36.4 Å². The van der Waals surface area contributed by atoms with Gasteiger partial charge in [-0.3, -0.25) is 9.59 Å². The van der Waals surface area contributed by atoms with E-state index in [0.29, 0.717) is 12.8 Å². The van der Waals surface area contributed by atoms with E-state index in [1.165, 1.54) is 283 Å². The van der Waals surface area contributed by atoms with Crippen LogP contribution in [0.2, 0.25) is 0 Å². The predicted molar refractivity (Wildman–Crippen MR) is 399 cm³/mol. The first kappa shape index (κ1) is 86.6. The summed E-state index contributed by atoms with van der Waals surface area (Å²) in [5.41, 5.74) is 0. The molecule has 1 atom stereocenters. The number of aliphatic hydroxyl groups is 1. The summed E-state index contributed by atoms with van der Waals surface area (Å²) in [6.07, 6.45) is 116. The number of hydrogen-bond acceptors (Lipinski definition) is 5. The summed E-state index contributed by atoms with van der Waals surface area (Å²) in [7, 11) is 0. The Kier molecular flexibility index (Phi) is 76.7. The summed E-state index contributed by atoms with van der Waals surface area (Å²) in [5.74, 6) is -0.577. The Morgan fingerprint density at radius 2 is 0.478 bits per heavy atom. The van der Waals surface area contributed by atoms with E-state index >= 15 is 0 Å². The average molecular weight is 1250 g/mol. The molecular formula is C85H150O5. The van der Waals surface area contributed by atoms with Gasteiger partial charge in [-0.15, -0.1) is 0 Å². The van der Waals surface area contributed by atoms with Crippen molar-refractivity contribution >= 4 is 11.9 Å².